The van der Waals surface area contributed by atoms with Crippen LogP contribution >= 0.6 is 15.9 Å². The van der Waals surface area contributed by atoms with Crippen LogP contribution in [0.4, 0.5) is 4.39 Å². The van der Waals surface area contributed by atoms with Gasteiger partial charge in [0.1, 0.15) is 5.82 Å². The fourth-order valence-electron chi connectivity index (χ4n) is 3.59. The summed E-state index contributed by atoms with van der Waals surface area (Å²) >= 11 is 3.34. The highest BCUT2D eigenvalue weighted by molar-refractivity contribution is 9.10. The van der Waals surface area contributed by atoms with Crippen LogP contribution in [0.1, 0.15) is 42.1 Å². The lowest BCUT2D eigenvalue weighted by atomic mass is 9.96. The van der Waals surface area contributed by atoms with Crippen molar-refractivity contribution in [2.24, 2.45) is 0 Å². The average Bonchev–Trinajstić information content (AvgIpc) is 2.70. The molecule has 0 spiro atoms. The first-order chi connectivity index (χ1) is 13.9. The zero-order valence-corrected chi connectivity index (χ0v) is 17.7. The highest BCUT2D eigenvalue weighted by atomic mass is 79.9. The van der Waals surface area contributed by atoms with Crippen LogP contribution in [-0.2, 0) is 11.3 Å². The summed E-state index contributed by atoms with van der Waals surface area (Å²) in [6, 6.07) is 23.9. The summed E-state index contributed by atoms with van der Waals surface area (Å²) < 4.78 is 14.7. The van der Waals surface area contributed by atoms with E-state index in [1.807, 2.05) is 60.7 Å². The predicted molar refractivity (Wildman–Crippen MR) is 116 cm³/mol. The molecule has 0 fully saturated rings. The van der Waals surface area contributed by atoms with Gasteiger partial charge in [-0.05, 0) is 41.8 Å². The van der Waals surface area contributed by atoms with Gasteiger partial charge in [-0.1, -0.05) is 76.6 Å². The summed E-state index contributed by atoms with van der Waals surface area (Å²) in [5.41, 5.74) is 2.79. The Bertz CT molecular complexity index is 929. The number of carboxylic acid groups (broad SMARTS) is 1. The second kappa shape index (κ2) is 9.81. The van der Waals surface area contributed by atoms with Crippen molar-refractivity contribution in [1.82, 2.24) is 4.90 Å². The number of benzene rings is 3. The Kier molecular flexibility index (Phi) is 7.18. The van der Waals surface area contributed by atoms with E-state index in [-0.39, 0.29) is 12.5 Å². The fraction of sp³-hybridized carbons (Fsp3) is 0.208. The van der Waals surface area contributed by atoms with Gasteiger partial charge in [-0.25, -0.2) is 4.39 Å². The van der Waals surface area contributed by atoms with Crippen molar-refractivity contribution < 1.29 is 14.3 Å². The summed E-state index contributed by atoms with van der Waals surface area (Å²) in [5, 5.41) is 9.62. The van der Waals surface area contributed by atoms with E-state index in [1.54, 1.807) is 6.07 Å². The molecule has 0 aliphatic carbocycles. The summed E-state index contributed by atoms with van der Waals surface area (Å²) in [5.74, 6) is -1.31. The zero-order valence-electron chi connectivity index (χ0n) is 16.1. The molecule has 1 N–H and O–H groups in total. The van der Waals surface area contributed by atoms with Crippen molar-refractivity contribution in [3.05, 3.63) is 106 Å². The van der Waals surface area contributed by atoms with Crippen LogP contribution in [0.25, 0.3) is 0 Å². The molecule has 3 aromatic carbocycles. The van der Waals surface area contributed by atoms with E-state index in [2.05, 4.69) is 27.8 Å². The van der Waals surface area contributed by atoms with Crippen LogP contribution in [0.15, 0.2) is 83.3 Å². The molecule has 5 heteroatoms. The molecule has 0 unspecified atom stereocenters. The van der Waals surface area contributed by atoms with Crippen molar-refractivity contribution in [2.45, 2.75) is 32.0 Å². The van der Waals surface area contributed by atoms with Gasteiger partial charge < -0.3 is 5.11 Å². The zero-order chi connectivity index (χ0) is 20.8. The minimum absolute atomic E-state index is 0.0669. The molecule has 0 heterocycles. The number of carbonyl (C=O) groups is 1. The topological polar surface area (TPSA) is 40.5 Å². The van der Waals surface area contributed by atoms with E-state index in [0.717, 1.165) is 11.1 Å². The smallest absolute Gasteiger partial charge is 0.305 e. The molecule has 0 amide bonds. The number of carboxylic acids is 1. The molecule has 29 heavy (non-hydrogen) atoms. The van der Waals surface area contributed by atoms with Gasteiger partial charge in [0.05, 0.1) is 6.42 Å². The van der Waals surface area contributed by atoms with Crippen LogP contribution in [-0.4, -0.2) is 16.0 Å². The minimum atomic E-state index is -0.922. The summed E-state index contributed by atoms with van der Waals surface area (Å²) in [7, 11) is 0. The molecule has 0 aliphatic heterocycles. The predicted octanol–water partition coefficient (Wildman–Crippen LogP) is 6.37. The van der Waals surface area contributed by atoms with Crippen molar-refractivity contribution >= 4 is 21.9 Å². The molecule has 150 valence electrons. The quantitative estimate of drug-likeness (QED) is 0.429. The van der Waals surface area contributed by atoms with Gasteiger partial charge in [0, 0.05) is 23.1 Å². The van der Waals surface area contributed by atoms with Gasteiger partial charge in [0.25, 0.3) is 0 Å². The third-order valence-corrected chi connectivity index (χ3v) is 5.48. The Morgan fingerprint density at radius 1 is 1.00 bits per heavy atom. The second-order valence-corrected chi connectivity index (χ2v) is 7.98. The number of hydrogen-bond acceptors (Lipinski definition) is 2. The van der Waals surface area contributed by atoms with Crippen molar-refractivity contribution in [3.63, 3.8) is 0 Å². The molecule has 0 saturated carbocycles. The molecule has 0 aromatic heterocycles. The molecule has 3 nitrogen and oxygen atoms in total. The largest absolute Gasteiger partial charge is 0.481 e. The Morgan fingerprint density at radius 2 is 1.62 bits per heavy atom. The van der Waals surface area contributed by atoms with Crippen LogP contribution in [0.5, 0.6) is 0 Å². The van der Waals surface area contributed by atoms with Gasteiger partial charge >= 0.3 is 5.97 Å². The molecule has 3 rings (SSSR count). The SMILES string of the molecule is C[C@H](c1ccccc1)N(Cc1ccccc1)[C@@H](CC(=O)O)c1cc(F)cc(Br)c1. The Hall–Kier alpha value is -2.50. The van der Waals surface area contributed by atoms with Gasteiger partial charge in [-0.3, -0.25) is 9.69 Å². The van der Waals surface area contributed by atoms with Crippen LogP contribution in [0.2, 0.25) is 0 Å². The monoisotopic (exact) mass is 455 g/mol. The van der Waals surface area contributed by atoms with Crippen LogP contribution < -0.4 is 0 Å². The third-order valence-electron chi connectivity index (χ3n) is 5.03. The molecule has 0 radical (unpaired) electrons. The first-order valence-electron chi connectivity index (χ1n) is 9.46. The maximum absolute atomic E-state index is 14.1. The first-order valence-corrected chi connectivity index (χ1v) is 10.3. The van der Waals surface area contributed by atoms with Gasteiger partial charge in [-0.2, -0.15) is 0 Å². The summed E-state index contributed by atoms with van der Waals surface area (Å²) in [4.78, 5) is 13.9. The molecule has 3 aromatic rings. The second-order valence-electron chi connectivity index (χ2n) is 7.06. The van der Waals surface area contributed by atoms with E-state index < -0.39 is 17.8 Å². The van der Waals surface area contributed by atoms with Crippen LogP contribution in [0.3, 0.4) is 0 Å². The van der Waals surface area contributed by atoms with Crippen molar-refractivity contribution in [3.8, 4) is 0 Å². The van der Waals surface area contributed by atoms with Gasteiger partial charge in [0.15, 0.2) is 0 Å². The van der Waals surface area contributed by atoms with Crippen molar-refractivity contribution in [2.75, 3.05) is 0 Å². The average molecular weight is 456 g/mol. The number of halogens is 2. The molecule has 0 aliphatic rings. The summed E-state index contributed by atoms with van der Waals surface area (Å²) in [6.07, 6.45) is -0.125. The maximum atomic E-state index is 14.1. The molecular weight excluding hydrogens is 433 g/mol. The highest BCUT2D eigenvalue weighted by Crippen LogP contribution is 2.35. The minimum Gasteiger partial charge on any atom is -0.481 e. The Labute approximate surface area is 178 Å². The van der Waals surface area contributed by atoms with Crippen LogP contribution in [0, 0.1) is 5.82 Å². The summed E-state index contributed by atoms with van der Waals surface area (Å²) in [6.45, 7) is 2.60. The van der Waals surface area contributed by atoms with Gasteiger partial charge in [-0.15, -0.1) is 0 Å². The Morgan fingerprint density at radius 3 is 2.21 bits per heavy atom. The Balaban J connectivity index is 2.07. The fourth-order valence-corrected chi connectivity index (χ4v) is 4.08. The molecule has 0 bridgehead atoms. The first kappa shape index (κ1) is 21.2. The van der Waals surface area contributed by atoms with Crippen molar-refractivity contribution in [1.29, 1.82) is 0 Å². The molecular formula is C24H23BrFNO2. The number of hydrogen-bond donors (Lipinski definition) is 1. The van der Waals surface area contributed by atoms with E-state index in [1.165, 1.54) is 12.1 Å². The highest BCUT2D eigenvalue weighted by Gasteiger charge is 2.29. The lowest BCUT2D eigenvalue weighted by Crippen LogP contribution is -2.33. The standard InChI is InChI=1S/C24H23BrFNO2/c1-17(19-10-6-3-7-11-19)27(16-18-8-4-2-5-9-18)23(15-24(28)29)20-12-21(25)14-22(26)13-20/h2-14,17,23H,15-16H2,1H3,(H,28,29)/t17-,23+/m1/s1. The van der Waals surface area contributed by atoms with E-state index in [0.29, 0.717) is 16.6 Å². The maximum Gasteiger partial charge on any atom is 0.305 e. The van der Waals surface area contributed by atoms with Gasteiger partial charge in [0.2, 0.25) is 0 Å². The normalized spacial score (nSPS) is 13.2. The van der Waals surface area contributed by atoms with E-state index >= 15 is 0 Å². The number of rotatable bonds is 8. The van der Waals surface area contributed by atoms with E-state index in [9.17, 15) is 14.3 Å². The lowest BCUT2D eigenvalue weighted by Gasteiger charge is -2.37. The molecule has 0 saturated heterocycles. The molecule has 2 atom stereocenters. The lowest BCUT2D eigenvalue weighted by molar-refractivity contribution is -0.138. The third kappa shape index (κ3) is 5.75. The number of aliphatic carboxylic acids is 1. The van der Waals surface area contributed by atoms with E-state index in [4.69, 9.17) is 0 Å². The number of nitrogens with zero attached hydrogens (tertiary/aromatic N) is 1.